The van der Waals surface area contributed by atoms with Crippen LogP contribution in [0.3, 0.4) is 0 Å². The molecular weight excluding hydrogens is 424 g/mol. The Morgan fingerprint density at radius 1 is 1.03 bits per heavy atom. The highest BCUT2D eigenvalue weighted by Crippen LogP contribution is 2.30. The molecule has 5 nitrogen and oxygen atoms in total. The number of aromatic nitrogens is 2. The van der Waals surface area contributed by atoms with Gasteiger partial charge < -0.3 is 9.84 Å². The second kappa shape index (κ2) is 11.0. The van der Waals surface area contributed by atoms with E-state index in [2.05, 4.69) is 61.4 Å². The first-order valence-corrected chi connectivity index (χ1v) is 11.9. The van der Waals surface area contributed by atoms with E-state index in [0.29, 0.717) is 25.5 Å². The molecule has 0 fully saturated rings. The number of benzene rings is 3. The highest BCUT2D eigenvalue weighted by atomic mass is 16.5. The van der Waals surface area contributed by atoms with Crippen molar-refractivity contribution in [2.24, 2.45) is 5.92 Å². The number of aryl methyl sites for hydroxylation is 1. The zero-order valence-electron chi connectivity index (χ0n) is 19.9. The Bertz CT molecular complexity index is 1230. The minimum absolute atomic E-state index is 0.0783. The van der Waals surface area contributed by atoms with Gasteiger partial charge in [0.05, 0.1) is 13.2 Å². The summed E-state index contributed by atoms with van der Waals surface area (Å²) in [6.07, 6.45) is 5.22. The lowest BCUT2D eigenvalue weighted by molar-refractivity contribution is -0.136. The standard InChI is InChI=1S/C29H32N2O3/c1-21(2)16-27(26-11-10-23-6-3-4-7-25(23)18-26)20-34-28-17-22(19-31-15-5-14-30-31)8-9-24(28)12-13-29(32)33/h3-11,14-15,17-18,21,27H,12-13,16,19-20H2,1-2H3,(H,32,33). The number of hydrogen-bond acceptors (Lipinski definition) is 3. The molecule has 1 N–H and O–H groups in total. The van der Waals surface area contributed by atoms with Crippen LogP contribution in [0.15, 0.2) is 79.1 Å². The van der Waals surface area contributed by atoms with Crippen molar-refractivity contribution in [3.05, 3.63) is 95.8 Å². The van der Waals surface area contributed by atoms with Gasteiger partial charge in [0.25, 0.3) is 0 Å². The molecule has 0 aliphatic heterocycles. The van der Waals surface area contributed by atoms with Gasteiger partial charge >= 0.3 is 5.97 Å². The van der Waals surface area contributed by atoms with E-state index in [1.807, 2.05) is 35.1 Å². The number of rotatable bonds is 11. The molecule has 4 aromatic rings. The Kier molecular flexibility index (Phi) is 7.63. The molecule has 3 aromatic carbocycles. The minimum Gasteiger partial charge on any atom is -0.493 e. The third kappa shape index (κ3) is 6.25. The smallest absolute Gasteiger partial charge is 0.303 e. The summed E-state index contributed by atoms with van der Waals surface area (Å²) in [5.74, 6) is 0.727. The van der Waals surface area contributed by atoms with Crippen LogP contribution in [0.2, 0.25) is 0 Å². The van der Waals surface area contributed by atoms with Crippen LogP contribution in [0, 0.1) is 5.92 Å². The summed E-state index contributed by atoms with van der Waals surface area (Å²) in [6, 6.07) is 23.0. The molecule has 0 spiro atoms. The van der Waals surface area contributed by atoms with Crippen LogP contribution >= 0.6 is 0 Å². The summed E-state index contributed by atoms with van der Waals surface area (Å²) >= 11 is 0. The molecule has 1 unspecified atom stereocenters. The molecule has 4 rings (SSSR count). The van der Waals surface area contributed by atoms with Crippen LogP contribution in [0.4, 0.5) is 0 Å². The lowest BCUT2D eigenvalue weighted by Crippen LogP contribution is -2.14. The second-order valence-electron chi connectivity index (χ2n) is 9.28. The molecule has 1 aromatic heterocycles. The monoisotopic (exact) mass is 456 g/mol. The van der Waals surface area contributed by atoms with Gasteiger partial charge in [0, 0.05) is 24.7 Å². The molecule has 0 saturated heterocycles. The SMILES string of the molecule is CC(C)CC(COc1cc(Cn2cccn2)ccc1CCC(=O)O)c1ccc2ccccc2c1. The summed E-state index contributed by atoms with van der Waals surface area (Å²) in [5.41, 5.74) is 3.27. The van der Waals surface area contributed by atoms with Gasteiger partial charge in [0.15, 0.2) is 0 Å². The van der Waals surface area contributed by atoms with E-state index in [4.69, 9.17) is 4.74 Å². The van der Waals surface area contributed by atoms with E-state index in [-0.39, 0.29) is 12.3 Å². The maximum Gasteiger partial charge on any atom is 0.303 e. The molecule has 1 heterocycles. The summed E-state index contributed by atoms with van der Waals surface area (Å²) < 4.78 is 8.30. The van der Waals surface area contributed by atoms with Gasteiger partial charge in [-0.05, 0) is 58.4 Å². The average Bonchev–Trinajstić information content (AvgIpc) is 3.33. The Labute approximate surface area is 201 Å². The van der Waals surface area contributed by atoms with E-state index in [1.165, 1.54) is 16.3 Å². The molecule has 0 aliphatic carbocycles. The van der Waals surface area contributed by atoms with Gasteiger partial charge in [-0.3, -0.25) is 9.48 Å². The van der Waals surface area contributed by atoms with Crippen LogP contribution in [0.25, 0.3) is 10.8 Å². The fourth-order valence-corrected chi connectivity index (χ4v) is 4.38. The minimum atomic E-state index is -0.805. The van der Waals surface area contributed by atoms with Gasteiger partial charge in [-0.2, -0.15) is 5.10 Å². The van der Waals surface area contributed by atoms with E-state index < -0.39 is 5.97 Å². The fraction of sp³-hybridized carbons (Fsp3) is 0.310. The maximum atomic E-state index is 11.2. The van der Waals surface area contributed by atoms with E-state index in [9.17, 15) is 9.90 Å². The first kappa shape index (κ1) is 23.6. The first-order chi connectivity index (χ1) is 16.5. The third-order valence-electron chi connectivity index (χ3n) is 6.08. The summed E-state index contributed by atoms with van der Waals surface area (Å²) in [6.45, 7) is 5.65. The molecule has 5 heteroatoms. The normalized spacial score (nSPS) is 12.2. The predicted octanol–water partition coefficient (Wildman–Crippen LogP) is 6.31. The molecule has 34 heavy (non-hydrogen) atoms. The Balaban J connectivity index is 1.58. The van der Waals surface area contributed by atoms with Crippen molar-refractivity contribution in [3.8, 4) is 5.75 Å². The zero-order chi connectivity index (χ0) is 23.9. The largest absolute Gasteiger partial charge is 0.493 e. The van der Waals surface area contributed by atoms with Gasteiger partial charge in [0.1, 0.15) is 5.75 Å². The number of carboxylic acids is 1. The van der Waals surface area contributed by atoms with E-state index in [1.54, 1.807) is 6.20 Å². The van der Waals surface area contributed by atoms with Crippen molar-refractivity contribution >= 4 is 16.7 Å². The molecule has 1 atom stereocenters. The van der Waals surface area contributed by atoms with Crippen molar-refractivity contribution in [1.29, 1.82) is 0 Å². The summed E-state index contributed by atoms with van der Waals surface area (Å²) in [4.78, 5) is 11.2. The lowest BCUT2D eigenvalue weighted by atomic mass is 9.89. The third-order valence-corrected chi connectivity index (χ3v) is 6.08. The number of aliphatic carboxylic acids is 1. The Hall–Kier alpha value is -3.60. The highest BCUT2D eigenvalue weighted by molar-refractivity contribution is 5.83. The number of fused-ring (bicyclic) bond motifs is 1. The molecule has 0 aliphatic rings. The number of ether oxygens (including phenoxy) is 1. The zero-order valence-corrected chi connectivity index (χ0v) is 19.9. The lowest BCUT2D eigenvalue weighted by Gasteiger charge is -2.22. The van der Waals surface area contributed by atoms with Gasteiger partial charge in [-0.15, -0.1) is 0 Å². The molecular formula is C29H32N2O3. The topological polar surface area (TPSA) is 64.4 Å². The molecule has 0 saturated carbocycles. The van der Waals surface area contributed by atoms with Crippen LogP contribution in [0.1, 0.15) is 49.3 Å². The van der Waals surface area contributed by atoms with Crippen molar-refractivity contribution < 1.29 is 14.6 Å². The number of carboxylic acid groups (broad SMARTS) is 1. The van der Waals surface area contributed by atoms with E-state index >= 15 is 0 Å². The van der Waals surface area contributed by atoms with Gasteiger partial charge in [-0.25, -0.2) is 0 Å². The first-order valence-electron chi connectivity index (χ1n) is 11.9. The average molecular weight is 457 g/mol. The maximum absolute atomic E-state index is 11.2. The van der Waals surface area contributed by atoms with E-state index in [0.717, 1.165) is 23.3 Å². The Morgan fingerprint density at radius 3 is 2.59 bits per heavy atom. The molecule has 0 radical (unpaired) electrons. The highest BCUT2D eigenvalue weighted by Gasteiger charge is 2.17. The summed E-state index contributed by atoms with van der Waals surface area (Å²) in [7, 11) is 0. The van der Waals surface area contributed by atoms with Crippen molar-refractivity contribution in [2.45, 2.75) is 45.6 Å². The van der Waals surface area contributed by atoms with Crippen molar-refractivity contribution in [3.63, 3.8) is 0 Å². The summed E-state index contributed by atoms with van der Waals surface area (Å²) in [5, 5.41) is 16.0. The van der Waals surface area contributed by atoms with Crippen LogP contribution < -0.4 is 4.74 Å². The van der Waals surface area contributed by atoms with Gasteiger partial charge in [-0.1, -0.05) is 68.4 Å². The van der Waals surface area contributed by atoms with Crippen LogP contribution in [0.5, 0.6) is 5.75 Å². The number of nitrogens with zero attached hydrogens (tertiary/aromatic N) is 2. The second-order valence-corrected chi connectivity index (χ2v) is 9.28. The Morgan fingerprint density at radius 2 is 1.85 bits per heavy atom. The van der Waals surface area contributed by atoms with Crippen molar-refractivity contribution in [1.82, 2.24) is 9.78 Å². The molecule has 0 bridgehead atoms. The number of carbonyl (C=O) groups is 1. The van der Waals surface area contributed by atoms with Crippen molar-refractivity contribution in [2.75, 3.05) is 6.61 Å². The quantitative estimate of drug-likeness (QED) is 0.287. The van der Waals surface area contributed by atoms with Crippen LogP contribution in [-0.2, 0) is 17.8 Å². The molecule has 176 valence electrons. The van der Waals surface area contributed by atoms with Crippen LogP contribution in [-0.4, -0.2) is 27.5 Å². The number of hydrogen-bond donors (Lipinski definition) is 1. The van der Waals surface area contributed by atoms with Gasteiger partial charge in [0.2, 0.25) is 0 Å². The predicted molar refractivity (Wildman–Crippen MR) is 135 cm³/mol. The fourth-order valence-electron chi connectivity index (χ4n) is 4.38. The molecule has 0 amide bonds.